The van der Waals surface area contributed by atoms with E-state index in [1.165, 1.54) is 0 Å². The summed E-state index contributed by atoms with van der Waals surface area (Å²) in [7, 11) is 0. The molecule has 0 amide bonds. The summed E-state index contributed by atoms with van der Waals surface area (Å²) in [6.07, 6.45) is 1.86. The summed E-state index contributed by atoms with van der Waals surface area (Å²) in [5.41, 5.74) is -0.983. The van der Waals surface area contributed by atoms with Gasteiger partial charge in [-0.25, -0.2) is 4.39 Å². The van der Waals surface area contributed by atoms with E-state index >= 15 is 0 Å². The van der Waals surface area contributed by atoms with Crippen molar-refractivity contribution in [1.29, 1.82) is 0 Å². The van der Waals surface area contributed by atoms with E-state index in [4.69, 9.17) is 0 Å². The molecule has 0 bridgehead atoms. The Morgan fingerprint density at radius 1 is 1.09 bits per heavy atom. The molecule has 0 saturated carbocycles. The van der Waals surface area contributed by atoms with Crippen molar-refractivity contribution in [2.24, 2.45) is 11.8 Å². The molecule has 11 heavy (non-hydrogen) atoms. The molecule has 0 nitrogen and oxygen atoms in total. The minimum Gasteiger partial charge on any atom is -0.244 e. The SMILES string of the molecule is CCC(C)C(C)(F)C(C)CC. The average Bonchev–Trinajstić information content (AvgIpc) is 2.01. The standard InChI is InChI=1S/C10H21F/c1-6-8(3)10(5,11)9(4)7-2/h8-9H,6-7H2,1-5H3. The maximum Gasteiger partial charge on any atom is 0.113 e. The highest BCUT2D eigenvalue weighted by molar-refractivity contribution is 4.83. The Kier molecular flexibility index (Phi) is 4.05. The number of halogens is 1. The van der Waals surface area contributed by atoms with Gasteiger partial charge in [0.2, 0.25) is 0 Å². The second-order valence-electron chi connectivity index (χ2n) is 3.77. The molecular formula is C10H21F. The van der Waals surface area contributed by atoms with Gasteiger partial charge in [-0.1, -0.05) is 40.5 Å². The zero-order chi connectivity index (χ0) is 9.07. The highest BCUT2D eigenvalue weighted by Crippen LogP contribution is 2.33. The van der Waals surface area contributed by atoms with Gasteiger partial charge < -0.3 is 0 Å². The van der Waals surface area contributed by atoms with Gasteiger partial charge in [0.15, 0.2) is 0 Å². The minimum atomic E-state index is -0.983. The van der Waals surface area contributed by atoms with E-state index in [1.807, 2.05) is 27.7 Å². The number of rotatable bonds is 4. The third-order valence-electron chi connectivity index (χ3n) is 3.15. The lowest BCUT2D eigenvalue weighted by molar-refractivity contribution is 0.0461. The molecule has 0 heterocycles. The van der Waals surface area contributed by atoms with E-state index in [1.54, 1.807) is 6.92 Å². The van der Waals surface area contributed by atoms with Crippen LogP contribution in [0.2, 0.25) is 0 Å². The Bertz CT molecular complexity index is 95.4. The fourth-order valence-corrected chi connectivity index (χ4v) is 1.28. The van der Waals surface area contributed by atoms with Crippen molar-refractivity contribution in [3.8, 4) is 0 Å². The van der Waals surface area contributed by atoms with Crippen LogP contribution in [0.5, 0.6) is 0 Å². The highest BCUT2D eigenvalue weighted by atomic mass is 19.1. The van der Waals surface area contributed by atoms with E-state index in [2.05, 4.69) is 0 Å². The lowest BCUT2D eigenvalue weighted by Gasteiger charge is -2.32. The number of hydrogen-bond donors (Lipinski definition) is 0. The second kappa shape index (κ2) is 4.08. The monoisotopic (exact) mass is 160 g/mol. The summed E-state index contributed by atoms with van der Waals surface area (Å²) in [6.45, 7) is 9.81. The van der Waals surface area contributed by atoms with Crippen molar-refractivity contribution in [3.63, 3.8) is 0 Å². The van der Waals surface area contributed by atoms with Crippen LogP contribution in [-0.4, -0.2) is 5.67 Å². The maximum absolute atomic E-state index is 13.9. The highest BCUT2D eigenvalue weighted by Gasteiger charge is 2.34. The molecule has 0 N–H and O–H groups in total. The lowest BCUT2D eigenvalue weighted by Crippen LogP contribution is -2.34. The van der Waals surface area contributed by atoms with Gasteiger partial charge in [-0.2, -0.15) is 0 Å². The van der Waals surface area contributed by atoms with Gasteiger partial charge >= 0.3 is 0 Å². The predicted octanol–water partition coefficient (Wildman–Crippen LogP) is 3.81. The molecule has 0 aromatic carbocycles. The van der Waals surface area contributed by atoms with Gasteiger partial charge in [0.05, 0.1) is 0 Å². The molecule has 0 rings (SSSR count). The zero-order valence-corrected chi connectivity index (χ0v) is 8.45. The molecule has 0 fully saturated rings. The van der Waals surface area contributed by atoms with Gasteiger partial charge in [-0.05, 0) is 18.8 Å². The maximum atomic E-state index is 13.9. The molecule has 0 aromatic heterocycles. The summed E-state index contributed by atoms with van der Waals surface area (Å²) in [6, 6.07) is 0. The van der Waals surface area contributed by atoms with Crippen LogP contribution in [0.25, 0.3) is 0 Å². The van der Waals surface area contributed by atoms with Crippen molar-refractivity contribution in [1.82, 2.24) is 0 Å². The first-order valence-electron chi connectivity index (χ1n) is 4.65. The van der Waals surface area contributed by atoms with Gasteiger partial charge in [0, 0.05) is 0 Å². The lowest BCUT2D eigenvalue weighted by atomic mass is 9.79. The van der Waals surface area contributed by atoms with Crippen molar-refractivity contribution in [2.45, 2.75) is 53.1 Å². The van der Waals surface area contributed by atoms with E-state index in [-0.39, 0.29) is 11.8 Å². The first-order valence-corrected chi connectivity index (χ1v) is 4.65. The van der Waals surface area contributed by atoms with Gasteiger partial charge in [0.1, 0.15) is 5.67 Å². The number of alkyl halides is 1. The summed E-state index contributed by atoms with van der Waals surface area (Å²) < 4.78 is 13.9. The van der Waals surface area contributed by atoms with Crippen LogP contribution in [0.15, 0.2) is 0 Å². The van der Waals surface area contributed by atoms with Gasteiger partial charge in [0.25, 0.3) is 0 Å². The van der Waals surface area contributed by atoms with Crippen LogP contribution in [0.3, 0.4) is 0 Å². The van der Waals surface area contributed by atoms with Gasteiger partial charge in [-0.15, -0.1) is 0 Å². The summed E-state index contributed by atoms with van der Waals surface area (Å²) in [5.74, 6) is 0.356. The normalized spacial score (nSPS) is 22.4. The van der Waals surface area contributed by atoms with Crippen LogP contribution < -0.4 is 0 Å². The summed E-state index contributed by atoms with van der Waals surface area (Å²) in [5, 5.41) is 0. The van der Waals surface area contributed by atoms with Crippen molar-refractivity contribution < 1.29 is 4.39 Å². The topological polar surface area (TPSA) is 0 Å². The Morgan fingerprint density at radius 3 is 1.55 bits per heavy atom. The molecule has 0 spiro atoms. The smallest absolute Gasteiger partial charge is 0.113 e. The molecule has 0 aliphatic rings. The van der Waals surface area contributed by atoms with E-state index in [0.717, 1.165) is 12.8 Å². The predicted molar refractivity (Wildman–Crippen MR) is 48.4 cm³/mol. The van der Waals surface area contributed by atoms with Crippen LogP contribution in [0.1, 0.15) is 47.5 Å². The number of hydrogen-bond acceptors (Lipinski definition) is 0. The van der Waals surface area contributed by atoms with Crippen LogP contribution in [-0.2, 0) is 0 Å². The van der Waals surface area contributed by atoms with Crippen molar-refractivity contribution >= 4 is 0 Å². The second-order valence-corrected chi connectivity index (χ2v) is 3.77. The van der Waals surface area contributed by atoms with Crippen molar-refractivity contribution in [2.75, 3.05) is 0 Å². The van der Waals surface area contributed by atoms with E-state index in [0.29, 0.717) is 0 Å². The Labute approximate surface area is 70.2 Å². The third-order valence-corrected chi connectivity index (χ3v) is 3.15. The molecule has 0 aliphatic carbocycles. The largest absolute Gasteiger partial charge is 0.244 e. The fraction of sp³-hybridized carbons (Fsp3) is 1.00. The molecule has 2 unspecified atom stereocenters. The van der Waals surface area contributed by atoms with Crippen LogP contribution in [0, 0.1) is 11.8 Å². The van der Waals surface area contributed by atoms with E-state index < -0.39 is 5.67 Å². The Balaban J connectivity index is 4.18. The third kappa shape index (κ3) is 2.46. The molecule has 0 saturated heterocycles. The van der Waals surface area contributed by atoms with Crippen molar-refractivity contribution in [3.05, 3.63) is 0 Å². The Hall–Kier alpha value is -0.0700. The quantitative estimate of drug-likeness (QED) is 0.586. The summed E-state index contributed by atoms with van der Waals surface area (Å²) >= 11 is 0. The van der Waals surface area contributed by atoms with E-state index in [9.17, 15) is 4.39 Å². The van der Waals surface area contributed by atoms with Crippen LogP contribution in [0.4, 0.5) is 4.39 Å². The fourth-order valence-electron chi connectivity index (χ4n) is 1.28. The molecule has 68 valence electrons. The Morgan fingerprint density at radius 2 is 1.36 bits per heavy atom. The first kappa shape index (κ1) is 10.9. The molecule has 2 atom stereocenters. The molecule has 0 aromatic rings. The minimum absolute atomic E-state index is 0.178. The molecule has 1 heteroatoms. The molecular weight excluding hydrogens is 139 g/mol. The molecule has 0 radical (unpaired) electrons. The molecule has 0 aliphatic heterocycles. The zero-order valence-electron chi connectivity index (χ0n) is 8.45. The summed E-state index contributed by atoms with van der Waals surface area (Å²) in [4.78, 5) is 0. The first-order chi connectivity index (χ1) is 4.96. The average molecular weight is 160 g/mol. The van der Waals surface area contributed by atoms with Crippen LogP contribution >= 0.6 is 0 Å². The van der Waals surface area contributed by atoms with Gasteiger partial charge in [-0.3, -0.25) is 0 Å².